The van der Waals surface area contributed by atoms with Crippen LogP contribution in [0.3, 0.4) is 0 Å². The van der Waals surface area contributed by atoms with Gasteiger partial charge >= 0.3 is 0 Å². The summed E-state index contributed by atoms with van der Waals surface area (Å²) < 4.78 is 1.89. The van der Waals surface area contributed by atoms with Crippen LogP contribution in [-0.2, 0) is 4.79 Å². The number of amides is 1. The lowest BCUT2D eigenvalue weighted by atomic mass is 10.3. The highest BCUT2D eigenvalue weighted by atomic mass is 32.2. The Morgan fingerprint density at radius 3 is 2.70 bits per heavy atom. The second kappa shape index (κ2) is 7.12. The monoisotopic (exact) mass is 331 g/mol. The largest absolute Gasteiger partial charge is 0.315 e. The first-order chi connectivity index (χ1) is 11.2. The van der Waals surface area contributed by atoms with Gasteiger partial charge in [-0.1, -0.05) is 42.8 Å². The molecule has 1 heterocycles. The average Bonchev–Trinajstić information content (AvgIpc) is 3.25. The van der Waals surface area contributed by atoms with Crippen molar-refractivity contribution in [3.8, 4) is 0 Å². The van der Waals surface area contributed by atoms with Crippen LogP contribution in [0.25, 0.3) is 0 Å². The van der Waals surface area contributed by atoms with E-state index in [2.05, 4.69) is 15.5 Å². The molecular weight excluding hydrogens is 310 g/mol. The Balaban J connectivity index is 1.68. The van der Waals surface area contributed by atoms with Gasteiger partial charge in [0.1, 0.15) is 0 Å². The lowest BCUT2D eigenvalue weighted by Crippen LogP contribution is -2.33. The van der Waals surface area contributed by atoms with Crippen LogP contribution in [0.4, 0.5) is 5.69 Å². The molecule has 1 fully saturated rings. The number of rotatable bonds is 5. The summed E-state index contributed by atoms with van der Waals surface area (Å²) in [7, 11) is 1.80. The van der Waals surface area contributed by atoms with Gasteiger partial charge in [-0.25, -0.2) is 4.68 Å². The van der Waals surface area contributed by atoms with E-state index in [-0.39, 0.29) is 11.2 Å². The van der Waals surface area contributed by atoms with E-state index in [0.29, 0.717) is 6.04 Å². The molecule has 0 bridgehead atoms. The van der Waals surface area contributed by atoms with Crippen LogP contribution in [0.2, 0.25) is 0 Å². The molecule has 1 aromatic carbocycles. The molecule has 1 saturated carbocycles. The highest BCUT2D eigenvalue weighted by Crippen LogP contribution is 2.32. The molecule has 0 aliphatic heterocycles. The number of thioether (sulfide) groups is 1. The molecular formula is C16H21N5OS. The molecule has 1 aliphatic rings. The molecule has 0 N–H and O–H groups in total. The number of carbonyl (C=O) groups excluding carboxylic acids is 1. The van der Waals surface area contributed by atoms with Gasteiger partial charge in [-0.2, -0.15) is 0 Å². The molecule has 0 radical (unpaired) electrons. The number of para-hydroxylation sites is 1. The van der Waals surface area contributed by atoms with Gasteiger partial charge in [-0.15, -0.1) is 5.10 Å². The van der Waals surface area contributed by atoms with E-state index in [1.165, 1.54) is 24.6 Å². The predicted molar refractivity (Wildman–Crippen MR) is 90.5 cm³/mol. The van der Waals surface area contributed by atoms with E-state index in [1.807, 2.05) is 41.9 Å². The van der Waals surface area contributed by atoms with Crippen LogP contribution in [0.15, 0.2) is 35.5 Å². The third-order valence-corrected chi connectivity index (χ3v) is 5.27. The number of nitrogens with zero attached hydrogens (tertiary/aromatic N) is 5. The van der Waals surface area contributed by atoms with Crippen molar-refractivity contribution in [1.82, 2.24) is 20.2 Å². The Morgan fingerprint density at radius 1 is 1.30 bits per heavy atom. The number of anilines is 1. The summed E-state index contributed by atoms with van der Waals surface area (Å²) in [6.45, 7) is 1.90. The maximum Gasteiger partial charge on any atom is 0.240 e. The third-order valence-electron chi connectivity index (χ3n) is 4.24. The number of hydrogen-bond donors (Lipinski definition) is 0. The molecule has 23 heavy (non-hydrogen) atoms. The molecule has 1 atom stereocenters. The maximum atomic E-state index is 12.6. The molecule has 0 spiro atoms. The Hall–Kier alpha value is -1.89. The van der Waals surface area contributed by atoms with E-state index in [9.17, 15) is 4.79 Å². The van der Waals surface area contributed by atoms with E-state index < -0.39 is 0 Å². The van der Waals surface area contributed by atoms with Gasteiger partial charge in [0, 0.05) is 12.7 Å². The average molecular weight is 331 g/mol. The van der Waals surface area contributed by atoms with Crippen LogP contribution in [0, 0.1) is 0 Å². The van der Waals surface area contributed by atoms with Gasteiger partial charge in [0.2, 0.25) is 11.1 Å². The minimum Gasteiger partial charge on any atom is -0.315 e. The summed E-state index contributed by atoms with van der Waals surface area (Å²) >= 11 is 1.43. The quantitative estimate of drug-likeness (QED) is 0.788. The van der Waals surface area contributed by atoms with Crippen molar-refractivity contribution in [3.63, 3.8) is 0 Å². The van der Waals surface area contributed by atoms with Crippen molar-refractivity contribution in [2.24, 2.45) is 0 Å². The number of hydrogen-bond acceptors (Lipinski definition) is 5. The van der Waals surface area contributed by atoms with Gasteiger partial charge < -0.3 is 4.90 Å². The third kappa shape index (κ3) is 3.55. The summed E-state index contributed by atoms with van der Waals surface area (Å²) in [5, 5.41) is 12.5. The molecule has 1 aliphatic carbocycles. The normalized spacial score (nSPS) is 16.4. The first-order valence-electron chi connectivity index (χ1n) is 7.94. The molecule has 2 aromatic rings. The Bertz CT molecular complexity index is 654. The van der Waals surface area contributed by atoms with Gasteiger partial charge in [0.15, 0.2) is 0 Å². The fourth-order valence-corrected chi connectivity index (χ4v) is 3.85. The first kappa shape index (κ1) is 16.0. The fourth-order valence-electron chi connectivity index (χ4n) is 2.90. The first-order valence-corrected chi connectivity index (χ1v) is 8.82. The highest BCUT2D eigenvalue weighted by Gasteiger charge is 2.26. The van der Waals surface area contributed by atoms with Crippen molar-refractivity contribution < 1.29 is 4.79 Å². The van der Waals surface area contributed by atoms with Crippen LogP contribution < -0.4 is 4.90 Å². The SMILES string of the molecule is CC(Sc1nnnn1C1CCCC1)C(=O)N(C)c1ccccc1. The zero-order valence-corrected chi connectivity index (χ0v) is 14.2. The minimum atomic E-state index is -0.244. The van der Waals surface area contributed by atoms with Crippen molar-refractivity contribution in [2.45, 2.75) is 49.1 Å². The summed E-state index contributed by atoms with van der Waals surface area (Å²) in [6, 6.07) is 10.0. The van der Waals surface area contributed by atoms with Gasteiger partial charge in [-0.05, 0) is 42.3 Å². The van der Waals surface area contributed by atoms with Gasteiger partial charge in [-0.3, -0.25) is 4.79 Å². The maximum absolute atomic E-state index is 12.6. The number of tetrazole rings is 1. The summed E-state index contributed by atoms with van der Waals surface area (Å²) in [5.41, 5.74) is 0.889. The minimum absolute atomic E-state index is 0.0437. The molecule has 1 amide bonds. The van der Waals surface area contributed by atoms with E-state index in [0.717, 1.165) is 23.7 Å². The van der Waals surface area contributed by atoms with E-state index in [4.69, 9.17) is 0 Å². The molecule has 1 unspecified atom stereocenters. The molecule has 7 heteroatoms. The van der Waals surface area contributed by atoms with Crippen molar-refractivity contribution in [3.05, 3.63) is 30.3 Å². The van der Waals surface area contributed by atoms with Crippen LogP contribution in [0.5, 0.6) is 0 Å². The second-order valence-electron chi connectivity index (χ2n) is 5.84. The lowest BCUT2D eigenvalue weighted by molar-refractivity contribution is -0.117. The zero-order valence-electron chi connectivity index (χ0n) is 13.4. The zero-order chi connectivity index (χ0) is 16.2. The van der Waals surface area contributed by atoms with Crippen LogP contribution in [0.1, 0.15) is 38.6 Å². The second-order valence-corrected chi connectivity index (χ2v) is 7.15. The lowest BCUT2D eigenvalue weighted by Gasteiger charge is -2.21. The van der Waals surface area contributed by atoms with Gasteiger partial charge in [0.05, 0.1) is 11.3 Å². The van der Waals surface area contributed by atoms with Gasteiger partial charge in [0.25, 0.3) is 0 Å². The summed E-state index contributed by atoms with van der Waals surface area (Å²) in [5.74, 6) is 0.0437. The van der Waals surface area contributed by atoms with Crippen molar-refractivity contribution in [2.75, 3.05) is 11.9 Å². The molecule has 3 rings (SSSR count). The number of aromatic nitrogens is 4. The van der Waals surface area contributed by atoms with E-state index in [1.54, 1.807) is 11.9 Å². The predicted octanol–water partition coefficient (Wildman–Crippen LogP) is 2.93. The molecule has 122 valence electrons. The van der Waals surface area contributed by atoms with E-state index >= 15 is 0 Å². The Labute approximate surface area is 140 Å². The summed E-state index contributed by atoms with van der Waals surface area (Å²) in [4.78, 5) is 14.3. The van der Waals surface area contributed by atoms with Crippen LogP contribution >= 0.6 is 11.8 Å². The highest BCUT2D eigenvalue weighted by molar-refractivity contribution is 8.00. The smallest absolute Gasteiger partial charge is 0.240 e. The Morgan fingerprint density at radius 2 is 2.00 bits per heavy atom. The molecule has 0 saturated heterocycles. The van der Waals surface area contributed by atoms with Crippen LogP contribution in [-0.4, -0.2) is 38.4 Å². The number of carbonyl (C=O) groups is 1. The standard InChI is InChI=1S/C16H21N5OS/c1-12(15(22)20(2)13-8-4-3-5-9-13)23-16-17-18-19-21(16)14-10-6-7-11-14/h3-5,8-9,12,14H,6-7,10-11H2,1-2H3. The topological polar surface area (TPSA) is 63.9 Å². The fraction of sp³-hybridized carbons (Fsp3) is 0.500. The summed E-state index contributed by atoms with van der Waals surface area (Å²) in [6.07, 6.45) is 4.68. The molecule has 1 aromatic heterocycles. The Kier molecular flexibility index (Phi) is 4.95. The van der Waals surface area contributed by atoms with Crippen molar-refractivity contribution >= 4 is 23.4 Å². The number of benzene rings is 1. The van der Waals surface area contributed by atoms with Crippen molar-refractivity contribution in [1.29, 1.82) is 0 Å². The molecule has 6 nitrogen and oxygen atoms in total.